The van der Waals surface area contributed by atoms with Crippen LogP contribution in [0.4, 0.5) is 0 Å². The average Bonchev–Trinajstić information content (AvgIpc) is 2.87. The molecule has 98 valence electrons. The summed E-state index contributed by atoms with van der Waals surface area (Å²) in [6.07, 6.45) is 9.68. The van der Waals surface area contributed by atoms with Crippen molar-refractivity contribution in [3.05, 3.63) is 12.3 Å². The van der Waals surface area contributed by atoms with Gasteiger partial charge in [-0.25, -0.2) is 0 Å². The van der Waals surface area contributed by atoms with Gasteiger partial charge in [-0.15, -0.1) is 0 Å². The number of rotatable bonds is 6. The van der Waals surface area contributed by atoms with Gasteiger partial charge in [0.15, 0.2) is 0 Å². The third-order valence-corrected chi connectivity index (χ3v) is 4.88. The highest BCUT2D eigenvalue weighted by molar-refractivity contribution is 5.05. The van der Waals surface area contributed by atoms with Gasteiger partial charge in [0.25, 0.3) is 0 Å². The predicted molar refractivity (Wildman–Crippen MR) is 74.9 cm³/mol. The van der Waals surface area contributed by atoms with Crippen LogP contribution in [0, 0.1) is 17.8 Å². The van der Waals surface area contributed by atoms with E-state index in [4.69, 9.17) is 0 Å². The molecule has 2 rings (SSSR count). The van der Waals surface area contributed by atoms with Crippen LogP contribution in [0.15, 0.2) is 12.3 Å². The molecule has 0 aromatic rings. The van der Waals surface area contributed by atoms with Crippen LogP contribution in [0.2, 0.25) is 0 Å². The maximum absolute atomic E-state index is 4.43. The van der Waals surface area contributed by atoms with Crippen LogP contribution in [0.3, 0.4) is 0 Å². The molecule has 1 saturated carbocycles. The Labute approximate surface area is 107 Å². The molecule has 2 aliphatic rings. The minimum atomic E-state index is 0.754. The Kier molecular flexibility index (Phi) is 4.53. The average molecular weight is 235 g/mol. The molecule has 0 N–H and O–H groups in total. The molecule has 17 heavy (non-hydrogen) atoms. The van der Waals surface area contributed by atoms with Crippen molar-refractivity contribution in [1.82, 2.24) is 4.90 Å². The van der Waals surface area contributed by atoms with Crippen molar-refractivity contribution in [2.45, 2.75) is 58.8 Å². The Morgan fingerprint density at radius 2 is 1.65 bits per heavy atom. The third-order valence-electron chi connectivity index (χ3n) is 4.88. The smallest absolute Gasteiger partial charge is 0.0206 e. The third kappa shape index (κ3) is 2.86. The normalized spacial score (nSPS) is 27.8. The van der Waals surface area contributed by atoms with Gasteiger partial charge in [0.1, 0.15) is 0 Å². The standard InChI is InChI=1S/C16H29N/c1-4-7-14(8-5-2)13(3)17-11-15-9-6-10-16(15)12-17/h14-16H,3-12H2,1-2H3. The molecule has 1 heterocycles. The van der Waals surface area contributed by atoms with Crippen molar-refractivity contribution in [3.8, 4) is 0 Å². The van der Waals surface area contributed by atoms with Gasteiger partial charge in [-0.1, -0.05) is 39.7 Å². The van der Waals surface area contributed by atoms with E-state index in [1.165, 1.54) is 63.7 Å². The molecule has 2 fully saturated rings. The monoisotopic (exact) mass is 235 g/mol. The van der Waals surface area contributed by atoms with Crippen molar-refractivity contribution in [2.24, 2.45) is 17.8 Å². The van der Waals surface area contributed by atoms with Crippen LogP contribution >= 0.6 is 0 Å². The molecule has 2 unspecified atom stereocenters. The second-order valence-electron chi connectivity index (χ2n) is 6.12. The lowest BCUT2D eigenvalue weighted by Gasteiger charge is -2.29. The highest BCUT2D eigenvalue weighted by Crippen LogP contribution is 2.40. The van der Waals surface area contributed by atoms with E-state index in [1.807, 2.05) is 0 Å². The highest BCUT2D eigenvalue weighted by Gasteiger charge is 2.37. The van der Waals surface area contributed by atoms with E-state index in [0.717, 1.165) is 17.8 Å². The Hall–Kier alpha value is -0.460. The molecule has 1 heteroatoms. The van der Waals surface area contributed by atoms with Gasteiger partial charge < -0.3 is 4.90 Å². The zero-order chi connectivity index (χ0) is 12.3. The fourth-order valence-electron chi connectivity index (χ4n) is 3.90. The van der Waals surface area contributed by atoms with Crippen LogP contribution in [0.1, 0.15) is 58.8 Å². The van der Waals surface area contributed by atoms with E-state index in [0.29, 0.717) is 0 Å². The summed E-state index contributed by atoms with van der Waals surface area (Å²) in [5.41, 5.74) is 1.46. The molecule has 0 radical (unpaired) electrons. The first-order valence-corrected chi connectivity index (χ1v) is 7.70. The maximum atomic E-state index is 4.43. The summed E-state index contributed by atoms with van der Waals surface area (Å²) in [4.78, 5) is 2.63. The first-order chi connectivity index (χ1) is 8.26. The van der Waals surface area contributed by atoms with Crippen molar-refractivity contribution >= 4 is 0 Å². The first kappa shape index (κ1) is 13.0. The molecule has 0 bridgehead atoms. The van der Waals surface area contributed by atoms with Crippen LogP contribution in [-0.4, -0.2) is 18.0 Å². The van der Waals surface area contributed by atoms with Gasteiger partial charge in [0, 0.05) is 18.8 Å². The lowest BCUT2D eigenvalue weighted by Crippen LogP contribution is -2.25. The summed E-state index contributed by atoms with van der Waals surface area (Å²) >= 11 is 0. The molecule has 0 spiro atoms. The summed E-state index contributed by atoms with van der Waals surface area (Å²) in [7, 11) is 0. The summed E-state index contributed by atoms with van der Waals surface area (Å²) < 4.78 is 0. The van der Waals surface area contributed by atoms with Gasteiger partial charge in [0.2, 0.25) is 0 Å². The van der Waals surface area contributed by atoms with Gasteiger partial charge in [-0.05, 0) is 43.4 Å². The minimum Gasteiger partial charge on any atom is -0.374 e. The number of allylic oxidation sites excluding steroid dienone is 1. The first-order valence-electron chi connectivity index (χ1n) is 7.70. The quantitative estimate of drug-likeness (QED) is 0.657. The fourth-order valence-corrected chi connectivity index (χ4v) is 3.90. The molecular weight excluding hydrogens is 206 g/mol. The van der Waals surface area contributed by atoms with E-state index in [2.05, 4.69) is 25.3 Å². The van der Waals surface area contributed by atoms with Crippen molar-refractivity contribution in [3.63, 3.8) is 0 Å². The van der Waals surface area contributed by atoms with Crippen LogP contribution in [0.25, 0.3) is 0 Å². The van der Waals surface area contributed by atoms with Crippen molar-refractivity contribution in [1.29, 1.82) is 0 Å². The zero-order valence-electron chi connectivity index (χ0n) is 11.8. The summed E-state index contributed by atoms with van der Waals surface area (Å²) in [6, 6.07) is 0. The molecule has 1 aliphatic carbocycles. The molecular formula is C16H29N. The molecule has 0 aromatic heterocycles. The lowest BCUT2D eigenvalue weighted by molar-refractivity contribution is 0.317. The van der Waals surface area contributed by atoms with E-state index in [-0.39, 0.29) is 0 Å². The van der Waals surface area contributed by atoms with Gasteiger partial charge >= 0.3 is 0 Å². The second kappa shape index (κ2) is 5.93. The van der Waals surface area contributed by atoms with Crippen LogP contribution in [-0.2, 0) is 0 Å². The minimum absolute atomic E-state index is 0.754. The Morgan fingerprint density at radius 1 is 1.12 bits per heavy atom. The predicted octanol–water partition coefficient (Wildman–Crippen LogP) is 4.45. The summed E-state index contributed by atoms with van der Waals surface area (Å²) in [5.74, 6) is 2.75. The number of fused-ring (bicyclic) bond motifs is 1. The molecule has 0 aromatic carbocycles. The number of hydrogen-bond acceptors (Lipinski definition) is 1. The van der Waals surface area contributed by atoms with E-state index < -0.39 is 0 Å². The van der Waals surface area contributed by atoms with E-state index in [1.54, 1.807) is 0 Å². The van der Waals surface area contributed by atoms with E-state index >= 15 is 0 Å². The Morgan fingerprint density at radius 3 is 2.12 bits per heavy atom. The Bertz CT molecular complexity index is 240. The van der Waals surface area contributed by atoms with Crippen LogP contribution < -0.4 is 0 Å². The Balaban J connectivity index is 1.90. The SMILES string of the molecule is C=C(C(CCC)CCC)N1CC2CCCC2C1. The zero-order valence-corrected chi connectivity index (χ0v) is 11.8. The molecule has 1 aliphatic heterocycles. The lowest BCUT2D eigenvalue weighted by atomic mass is 9.94. The molecule has 0 amide bonds. The summed E-state index contributed by atoms with van der Waals surface area (Å²) in [5, 5.41) is 0. The molecule has 2 atom stereocenters. The number of nitrogens with zero attached hydrogens (tertiary/aromatic N) is 1. The maximum Gasteiger partial charge on any atom is 0.0206 e. The number of hydrogen-bond donors (Lipinski definition) is 0. The summed E-state index contributed by atoms with van der Waals surface area (Å²) in [6.45, 7) is 11.7. The fraction of sp³-hybridized carbons (Fsp3) is 0.875. The van der Waals surface area contributed by atoms with Crippen molar-refractivity contribution in [2.75, 3.05) is 13.1 Å². The van der Waals surface area contributed by atoms with Gasteiger partial charge in [-0.2, -0.15) is 0 Å². The highest BCUT2D eigenvalue weighted by atomic mass is 15.2. The number of likely N-dealkylation sites (tertiary alicyclic amines) is 1. The molecule has 1 saturated heterocycles. The van der Waals surface area contributed by atoms with E-state index in [9.17, 15) is 0 Å². The van der Waals surface area contributed by atoms with Gasteiger partial charge in [-0.3, -0.25) is 0 Å². The topological polar surface area (TPSA) is 3.24 Å². The second-order valence-corrected chi connectivity index (χ2v) is 6.12. The molecule has 1 nitrogen and oxygen atoms in total. The van der Waals surface area contributed by atoms with Gasteiger partial charge in [0.05, 0.1) is 0 Å². The largest absolute Gasteiger partial charge is 0.374 e. The van der Waals surface area contributed by atoms with Crippen molar-refractivity contribution < 1.29 is 0 Å². The van der Waals surface area contributed by atoms with Crippen LogP contribution in [0.5, 0.6) is 0 Å².